The molecule has 0 saturated carbocycles. The number of pyridine rings is 2. The summed E-state index contributed by atoms with van der Waals surface area (Å²) in [6, 6.07) is 40.8. The van der Waals surface area contributed by atoms with Crippen LogP contribution in [0, 0.1) is 22.7 Å². The predicted octanol–water partition coefficient (Wildman–Crippen LogP) is 8.79. The molecule has 0 aliphatic carbocycles. The van der Waals surface area contributed by atoms with Gasteiger partial charge in [0.05, 0.1) is 0 Å². The van der Waals surface area contributed by atoms with Crippen LogP contribution in [-0.4, -0.2) is 9.97 Å². The summed E-state index contributed by atoms with van der Waals surface area (Å²) in [4.78, 5) is 8.16. The molecule has 5 nitrogen and oxygen atoms in total. The van der Waals surface area contributed by atoms with E-state index in [1.807, 2.05) is 36.4 Å². The van der Waals surface area contributed by atoms with Gasteiger partial charge in [-0.25, -0.2) is 9.97 Å². The zero-order valence-corrected chi connectivity index (χ0v) is 21.7. The van der Waals surface area contributed by atoms with E-state index in [0.717, 1.165) is 66.4 Å². The summed E-state index contributed by atoms with van der Waals surface area (Å²) in [5.74, 6) is 0. The van der Waals surface area contributed by atoms with Crippen molar-refractivity contribution in [1.29, 1.82) is 10.5 Å². The van der Waals surface area contributed by atoms with E-state index in [1.165, 1.54) is 0 Å². The van der Waals surface area contributed by atoms with Gasteiger partial charge in [-0.05, 0) is 105 Å². The Hall–Kier alpha value is -6.04. The maximum atomic E-state index is 9.23. The Kier molecular flexibility index (Phi) is 5.82. The lowest BCUT2D eigenvalue weighted by Gasteiger charge is -2.06. The summed E-state index contributed by atoms with van der Waals surface area (Å²) in [6.07, 6.45) is 3.32. The summed E-state index contributed by atoms with van der Waals surface area (Å²) < 4.78 is 6.38. The van der Waals surface area contributed by atoms with Crippen molar-refractivity contribution >= 4 is 21.9 Å². The Morgan fingerprint density at radius 3 is 1.24 bits per heavy atom. The molecule has 3 heterocycles. The topological polar surface area (TPSA) is 86.5 Å². The summed E-state index contributed by atoms with van der Waals surface area (Å²) in [5, 5.41) is 20.6. The Morgan fingerprint density at radius 2 is 0.829 bits per heavy atom. The molecule has 0 spiro atoms. The van der Waals surface area contributed by atoms with Crippen LogP contribution in [0.15, 0.2) is 126 Å². The first-order valence-corrected chi connectivity index (χ1v) is 13.1. The Labute approximate surface area is 236 Å². The van der Waals surface area contributed by atoms with Crippen LogP contribution < -0.4 is 0 Å². The molecule has 0 unspecified atom stereocenters. The average molecular weight is 525 g/mol. The van der Waals surface area contributed by atoms with E-state index in [9.17, 15) is 10.5 Å². The van der Waals surface area contributed by atoms with Gasteiger partial charge in [0.15, 0.2) is 0 Å². The van der Waals surface area contributed by atoms with Gasteiger partial charge in [-0.1, -0.05) is 48.5 Å². The molecule has 0 N–H and O–H groups in total. The number of hydrogen-bond donors (Lipinski definition) is 0. The second-order valence-electron chi connectivity index (χ2n) is 9.77. The van der Waals surface area contributed by atoms with E-state index < -0.39 is 0 Å². The van der Waals surface area contributed by atoms with Crippen LogP contribution in [-0.2, 0) is 0 Å². The molecule has 41 heavy (non-hydrogen) atoms. The monoisotopic (exact) mass is 524 g/mol. The average Bonchev–Trinajstić information content (AvgIpc) is 3.42. The number of fused-ring (bicyclic) bond motifs is 3. The summed E-state index contributed by atoms with van der Waals surface area (Å²) in [6.45, 7) is 0. The smallest absolute Gasteiger partial charge is 0.141 e. The molecule has 3 aromatic heterocycles. The number of nitrogens with zero attached hydrogens (tertiary/aromatic N) is 4. The summed E-state index contributed by atoms with van der Waals surface area (Å²) in [7, 11) is 0. The number of hydrogen-bond acceptors (Lipinski definition) is 5. The van der Waals surface area contributed by atoms with E-state index in [0.29, 0.717) is 11.4 Å². The highest BCUT2D eigenvalue weighted by Crippen LogP contribution is 2.36. The van der Waals surface area contributed by atoms with Gasteiger partial charge in [0.2, 0.25) is 0 Å². The highest BCUT2D eigenvalue weighted by molar-refractivity contribution is 6.07. The van der Waals surface area contributed by atoms with Gasteiger partial charge >= 0.3 is 0 Å². The fraction of sp³-hybridized carbons (Fsp3) is 0. The van der Waals surface area contributed by atoms with E-state index in [4.69, 9.17) is 4.42 Å². The molecule has 7 aromatic rings. The molecule has 0 bridgehead atoms. The first kappa shape index (κ1) is 24.0. The van der Waals surface area contributed by atoms with Gasteiger partial charge in [-0.2, -0.15) is 10.5 Å². The van der Waals surface area contributed by atoms with Crippen LogP contribution >= 0.6 is 0 Å². The highest BCUT2D eigenvalue weighted by atomic mass is 16.3. The fourth-order valence-electron chi connectivity index (χ4n) is 5.24. The highest BCUT2D eigenvalue weighted by Gasteiger charge is 2.12. The normalized spacial score (nSPS) is 10.9. The minimum absolute atomic E-state index is 0.396. The fourth-order valence-corrected chi connectivity index (χ4v) is 5.24. The van der Waals surface area contributed by atoms with Gasteiger partial charge in [0.1, 0.15) is 34.7 Å². The number of rotatable bonds is 4. The van der Waals surface area contributed by atoms with Crippen LogP contribution in [0.1, 0.15) is 11.4 Å². The lowest BCUT2D eigenvalue weighted by molar-refractivity contribution is 0.669. The van der Waals surface area contributed by atoms with E-state index in [2.05, 4.69) is 82.8 Å². The number of benzene rings is 4. The summed E-state index contributed by atoms with van der Waals surface area (Å²) >= 11 is 0. The third-order valence-corrected chi connectivity index (χ3v) is 7.28. The van der Waals surface area contributed by atoms with Crippen LogP contribution in [0.2, 0.25) is 0 Å². The molecule has 190 valence electrons. The minimum Gasteiger partial charge on any atom is -0.456 e. The number of aromatic nitrogens is 2. The van der Waals surface area contributed by atoms with Crippen molar-refractivity contribution in [3.8, 4) is 56.6 Å². The lowest BCUT2D eigenvalue weighted by Crippen LogP contribution is -1.85. The third kappa shape index (κ3) is 4.48. The maximum absolute atomic E-state index is 9.23. The molecular formula is C36H20N4O. The first-order chi connectivity index (χ1) is 20.2. The van der Waals surface area contributed by atoms with E-state index in [1.54, 1.807) is 24.5 Å². The molecular weight excluding hydrogens is 504 g/mol. The Morgan fingerprint density at radius 1 is 0.439 bits per heavy atom. The molecule has 0 saturated heterocycles. The molecule has 5 heteroatoms. The molecule has 0 atom stereocenters. The maximum Gasteiger partial charge on any atom is 0.141 e. The molecule has 4 aromatic carbocycles. The van der Waals surface area contributed by atoms with E-state index in [-0.39, 0.29) is 0 Å². The minimum atomic E-state index is 0.396. The predicted molar refractivity (Wildman–Crippen MR) is 160 cm³/mol. The quantitative estimate of drug-likeness (QED) is 0.230. The first-order valence-electron chi connectivity index (χ1n) is 13.1. The van der Waals surface area contributed by atoms with Gasteiger partial charge in [0.25, 0.3) is 0 Å². The second kappa shape index (κ2) is 9.93. The van der Waals surface area contributed by atoms with Crippen molar-refractivity contribution in [3.05, 3.63) is 133 Å². The van der Waals surface area contributed by atoms with Crippen LogP contribution in [0.4, 0.5) is 0 Å². The molecule has 0 fully saturated rings. The van der Waals surface area contributed by atoms with Gasteiger partial charge < -0.3 is 4.42 Å². The van der Waals surface area contributed by atoms with Crippen LogP contribution in [0.3, 0.4) is 0 Å². The van der Waals surface area contributed by atoms with Crippen LogP contribution in [0.25, 0.3) is 66.4 Å². The standard InChI is InChI=1S/C36H20N4O/c37-21-31-17-29(11-13-39-31)25-5-1-3-23(15-25)27-7-9-33-34-10-8-28(20-36(34)41-35(33)19-27)24-4-2-6-26(16-24)30-12-14-40-32(18-30)22-38/h1-20H. The van der Waals surface area contributed by atoms with Crippen molar-refractivity contribution in [2.24, 2.45) is 0 Å². The zero-order valence-electron chi connectivity index (χ0n) is 21.7. The van der Waals surface area contributed by atoms with Crippen molar-refractivity contribution in [1.82, 2.24) is 9.97 Å². The largest absolute Gasteiger partial charge is 0.456 e. The van der Waals surface area contributed by atoms with Gasteiger partial charge in [0, 0.05) is 23.2 Å². The molecule has 0 radical (unpaired) electrons. The molecule has 0 amide bonds. The Bertz CT molecular complexity index is 2040. The molecule has 0 aliphatic rings. The third-order valence-electron chi connectivity index (χ3n) is 7.28. The molecule has 0 aliphatic heterocycles. The van der Waals surface area contributed by atoms with E-state index >= 15 is 0 Å². The number of nitriles is 2. The van der Waals surface area contributed by atoms with Crippen LogP contribution in [0.5, 0.6) is 0 Å². The van der Waals surface area contributed by atoms with Gasteiger partial charge in [-0.15, -0.1) is 0 Å². The van der Waals surface area contributed by atoms with Gasteiger partial charge in [-0.3, -0.25) is 0 Å². The molecule has 7 rings (SSSR count). The zero-order chi connectivity index (χ0) is 27.8. The summed E-state index contributed by atoms with van der Waals surface area (Å²) in [5.41, 5.74) is 10.6. The van der Waals surface area contributed by atoms with Crippen molar-refractivity contribution in [2.75, 3.05) is 0 Å². The lowest BCUT2D eigenvalue weighted by atomic mass is 9.97. The number of furan rings is 1. The Balaban J connectivity index is 1.25. The van der Waals surface area contributed by atoms with Crippen molar-refractivity contribution in [2.45, 2.75) is 0 Å². The second-order valence-corrected chi connectivity index (χ2v) is 9.77. The van der Waals surface area contributed by atoms with Crippen molar-refractivity contribution < 1.29 is 4.42 Å². The SMILES string of the molecule is N#Cc1cc(-c2cccc(-c3ccc4c(c3)oc3cc(-c5cccc(-c6ccnc(C#N)c6)c5)ccc34)c2)ccn1. The van der Waals surface area contributed by atoms with Crippen molar-refractivity contribution in [3.63, 3.8) is 0 Å².